The third-order valence-corrected chi connectivity index (χ3v) is 13.9. The molecule has 0 amide bonds. The van der Waals surface area contributed by atoms with Crippen molar-refractivity contribution in [3.8, 4) is 43.8 Å². The molecule has 200 valence electrons. The van der Waals surface area contributed by atoms with Crippen molar-refractivity contribution < 1.29 is 0 Å². The number of aryl methyl sites for hydroxylation is 1. The summed E-state index contributed by atoms with van der Waals surface area (Å²) in [5.41, 5.74) is 2.81. The van der Waals surface area contributed by atoms with Crippen molar-refractivity contribution in [3.05, 3.63) is 57.3 Å². The number of rotatable bonds is 6. The van der Waals surface area contributed by atoms with Gasteiger partial charge in [-0.2, -0.15) is 21.0 Å². The van der Waals surface area contributed by atoms with E-state index in [0.717, 1.165) is 22.7 Å². The number of thiophene rings is 6. The number of hydrogen-bond donors (Lipinski definition) is 0. The Morgan fingerprint density at radius 1 is 0.595 bits per heavy atom. The molecule has 7 heterocycles. The van der Waals surface area contributed by atoms with Gasteiger partial charge in [0.2, 0.25) is 0 Å². The van der Waals surface area contributed by atoms with Crippen LogP contribution in [0.15, 0.2) is 47.5 Å². The van der Waals surface area contributed by atoms with E-state index in [4.69, 9.17) is 21.0 Å². The fraction of sp³-hybridized carbons (Fsp3) is 0.0968. The summed E-state index contributed by atoms with van der Waals surface area (Å²) in [6.07, 6.45) is 4.36. The van der Waals surface area contributed by atoms with Gasteiger partial charge in [-0.05, 0) is 55.0 Å². The molecule has 0 aromatic carbocycles. The maximum atomic E-state index is 9.08. The SMILES string of the molecule is CCCn1c2cc(-c3cc4sc(C=C(C#N)C#N)cc4s3)sc2c2sc(-c3cc4sc(C=C(C#N)C#N)cc4s3)cc21. The molecule has 0 saturated heterocycles. The normalized spacial score (nSPS) is 11.1. The summed E-state index contributed by atoms with van der Waals surface area (Å²) in [4.78, 5) is 6.84. The summed E-state index contributed by atoms with van der Waals surface area (Å²) in [6.45, 7) is 3.17. The summed E-state index contributed by atoms with van der Waals surface area (Å²) >= 11 is 10.4. The molecule has 0 radical (unpaired) electrons. The van der Waals surface area contributed by atoms with Gasteiger partial charge in [-0.1, -0.05) is 6.92 Å². The molecule has 0 fully saturated rings. The van der Waals surface area contributed by atoms with Crippen LogP contribution in [0.2, 0.25) is 0 Å². The van der Waals surface area contributed by atoms with Crippen molar-refractivity contribution in [2.75, 3.05) is 0 Å². The lowest BCUT2D eigenvalue weighted by Crippen LogP contribution is -1.94. The second-order valence-electron chi connectivity index (χ2n) is 9.34. The first-order valence-corrected chi connectivity index (χ1v) is 17.6. The quantitative estimate of drug-likeness (QED) is 0.167. The summed E-state index contributed by atoms with van der Waals surface area (Å²) in [5, 5.41) is 36.3. The molecular formula is C31H15N5S6. The second kappa shape index (κ2) is 10.7. The number of allylic oxidation sites excluding steroid dienone is 2. The Morgan fingerprint density at radius 3 is 1.38 bits per heavy atom. The monoisotopic (exact) mass is 649 g/mol. The van der Waals surface area contributed by atoms with Gasteiger partial charge in [0, 0.05) is 54.6 Å². The van der Waals surface area contributed by atoms with E-state index < -0.39 is 0 Å². The summed E-state index contributed by atoms with van der Waals surface area (Å²) in [7, 11) is 0. The van der Waals surface area contributed by atoms with Crippen molar-refractivity contribution in [2.45, 2.75) is 19.9 Å². The molecule has 0 saturated carbocycles. The number of aromatic nitrogens is 1. The Hall–Kier alpha value is -4.04. The molecule has 5 nitrogen and oxygen atoms in total. The third-order valence-electron chi connectivity index (χ3n) is 6.65. The third kappa shape index (κ3) is 4.49. The molecule has 0 atom stereocenters. The van der Waals surface area contributed by atoms with Gasteiger partial charge in [0.1, 0.15) is 35.4 Å². The first kappa shape index (κ1) is 26.8. The molecule has 0 N–H and O–H groups in total. The first-order chi connectivity index (χ1) is 20.5. The van der Waals surface area contributed by atoms with Gasteiger partial charge in [0.05, 0.1) is 20.4 Å². The molecule has 7 aromatic rings. The highest BCUT2D eigenvalue weighted by Crippen LogP contribution is 2.49. The first-order valence-electron chi connectivity index (χ1n) is 12.7. The highest BCUT2D eigenvalue weighted by atomic mass is 32.1. The fourth-order valence-electron chi connectivity index (χ4n) is 4.88. The highest BCUT2D eigenvalue weighted by molar-refractivity contribution is 7.35. The van der Waals surface area contributed by atoms with Gasteiger partial charge in [0.15, 0.2) is 0 Å². The Kier molecular flexibility index (Phi) is 6.81. The van der Waals surface area contributed by atoms with Gasteiger partial charge in [0.25, 0.3) is 0 Å². The van der Waals surface area contributed by atoms with Crippen LogP contribution >= 0.6 is 68.0 Å². The summed E-state index contributed by atoms with van der Waals surface area (Å²) < 4.78 is 9.78. The fourth-order valence-corrected chi connectivity index (χ4v) is 12.2. The number of nitrogens with zero attached hydrogens (tertiary/aromatic N) is 5. The maximum Gasteiger partial charge on any atom is 0.131 e. The Bertz CT molecular complexity index is 2170. The minimum atomic E-state index is 0.120. The Balaban J connectivity index is 1.27. The van der Waals surface area contributed by atoms with Crippen LogP contribution in [0.1, 0.15) is 23.1 Å². The van der Waals surface area contributed by atoms with Crippen molar-refractivity contribution in [3.63, 3.8) is 0 Å². The Morgan fingerprint density at radius 2 is 1.00 bits per heavy atom. The topological polar surface area (TPSA) is 100 Å². The van der Waals surface area contributed by atoms with E-state index >= 15 is 0 Å². The van der Waals surface area contributed by atoms with Crippen molar-refractivity contribution in [1.29, 1.82) is 21.0 Å². The molecule has 7 aromatic heterocycles. The number of fused-ring (bicyclic) bond motifs is 5. The van der Waals surface area contributed by atoms with Crippen LogP contribution in [-0.2, 0) is 6.54 Å². The van der Waals surface area contributed by atoms with Crippen LogP contribution < -0.4 is 0 Å². The summed E-state index contributed by atoms with van der Waals surface area (Å²) in [5.74, 6) is 0. The summed E-state index contributed by atoms with van der Waals surface area (Å²) in [6, 6.07) is 21.0. The molecule has 11 heteroatoms. The van der Waals surface area contributed by atoms with Crippen LogP contribution in [0, 0.1) is 45.3 Å². The standard InChI is InChI=1S/C31H15N5S6/c1-2-3-36-20-8-24(28-10-26-22(39-28)6-18(37-26)4-16(12-32)13-33)41-30(20)31-21(36)9-25(42-31)29-11-27-23(40-29)7-19(38-27)5-17(14-34)15-35/h4-11H,2-3H2,1H3. The predicted molar refractivity (Wildman–Crippen MR) is 181 cm³/mol. The zero-order chi connectivity index (χ0) is 29.0. The molecule has 0 aliphatic carbocycles. The number of nitriles is 4. The van der Waals surface area contributed by atoms with Gasteiger partial charge in [-0.3, -0.25) is 0 Å². The second-order valence-corrected chi connectivity index (χ2v) is 15.8. The average Bonchev–Trinajstić information content (AvgIpc) is 3.81. The zero-order valence-electron chi connectivity index (χ0n) is 21.7. The van der Waals surface area contributed by atoms with Gasteiger partial charge < -0.3 is 4.57 Å². The van der Waals surface area contributed by atoms with Crippen LogP contribution in [0.4, 0.5) is 0 Å². The van der Waals surface area contributed by atoms with Gasteiger partial charge >= 0.3 is 0 Å². The molecule has 7 rings (SSSR count). The van der Waals surface area contributed by atoms with E-state index in [1.54, 1.807) is 57.5 Å². The van der Waals surface area contributed by atoms with E-state index in [1.807, 2.05) is 47.0 Å². The van der Waals surface area contributed by atoms with E-state index in [1.165, 1.54) is 58.7 Å². The zero-order valence-corrected chi connectivity index (χ0v) is 26.6. The largest absolute Gasteiger partial charge is 0.339 e. The van der Waals surface area contributed by atoms with Crippen LogP contribution in [-0.4, -0.2) is 4.57 Å². The highest BCUT2D eigenvalue weighted by Gasteiger charge is 2.20. The molecule has 42 heavy (non-hydrogen) atoms. The van der Waals surface area contributed by atoms with Gasteiger partial charge in [-0.25, -0.2) is 0 Å². The van der Waals surface area contributed by atoms with E-state index in [-0.39, 0.29) is 11.1 Å². The van der Waals surface area contributed by atoms with Crippen LogP contribution in [0.5, 0.6) is 0 Å². The molecular weight excluding hydrogens is 635 g/mol. The Labute approximate surface area is 264 Å². The van der Waals surface area contributed by atoms with E-state index in [9.17, 15) is 0 Å². The van der Waals surface area contributed by atoms with Crippen LogP contribution in [0.3, 0.4) is 0 Å². The molecule has 0 aliphatic heterocycles. The lowest BCUT2D eigenvalue weighted by atomic mass is 10.3. The molecule has 0 unspecified atom stereocenters. The van der Waals surface area contributed by atoms with E-state index in [2.05, 4.69) is 47.9 Å². The van der Waals surface area contributed by atoms with Crippen LogP contribution in [0.25, 0.3) is 70.9 Å². The molecule has 0 bridgehead atoms. The average molecular weight is 650 g/mol. The van der Waals surface area contributed by atoms with Crippen molar-refractivity contribution >= 4 is 119 Å². The minimum absolute atomic E-state index is 0.120. The molecule has 0 spiro atoms. The van der Waals surface area contributed by atoms with Crippen molar-refractivity contribution in [2.24, 2.45) is 0 Å². The van der Waals surface area contributed by atoms with Gasteiger partial charge in [-0.15, -0.1) is 68.0 Å². The van der Waals surface area contributed by atoms with E-state index in [0.29, 0.717) is 0 Å². The smallest absolute Gasteiger partial charge is 0.131 e. The predicted octanol–water partition coefficient (Wildman–Crippen LogP) is 11.1. The minimum Gasteiger partial charge on any atom is -0.339 e. The lowest BCUT2D eigenvalue weighted by molar-refractivity contribution is 0.725. The van der Waals surface area contributed by atoms with Crippen molar-refractivity contribution in [1.82, 2.24) is 4.57 Å². The number of hydrogen-bond acceptors (Lipinski definition) is 10. The maximum absolute atomic E-state index is 9.08. The molecule has 0 aliphatic rings. The lowest BCUT2D eigenvalue weighted by Gasteiger charge is -2.02.